The lowest BCUT2D eigenvalue weighted by molar-refractivity contribution is -0.115. The molecule has 2 aromatic rings. The lowest BCUT2D eigenvalue weighted by Crippen LogP contribution is -2.30. The highest BCUT2D eigenvalue weighted by Gasteiger charge is 2.14. The van der Waals surface area contributed by atoms with Crippen LogP contribution in [0, 0.1) is 12.7 Å². The molecule has 2 N–H and O–H groups in total. The fourth-order valence-electron chi connectivity index (χ4n) is 3.34. The topological polar surface area (TPSA) is 44.4 Å². The van der Waals surface area contributed by atoms with Crippen LogP contribution in [0.15, 0.2) is 42.5 Å². The summed E-state index contributed by atoms with van der Waals surface area (Å²) in [6, 6.07) is 12.5. The number of hydrogen-bond donors (Lipinski definition) is 2. The molecule has 0 aliphatic carbocycles. The Morgan fingerprint density at radius 2 is 1.92 bits per heavy atom. The molecule has 138 valence electrons. The van der Waals surface area contributed by atoms with Crippen LogP contribution in [0.2, 0.25) is 0 Å². The number of amides is 1. The van der Waals surface area contributed by atoms with Crippen LogP contribution in [0.5, 0.6) is 0 Å². The van der Waals surface area contributed by atoms with Gasteiger partial charge >= 0.3 is 0 Å². The summed E-state index contributed by atoms with van der Waals surface area (Å²) in [5.74, 6) is -0.397. The highest BCUT2D eigenvalue weighted by molar-refractivity contribution is 5.93. The summed E-state index contributed by atoms with van der Waals surface area (Å²) >= 11 is 0. The smallest absolute Gasteiger partial charge is 0.238 e. The van der Waals surface area contributed by atoms with Crippen LogP contribution in [0.4, 0.5) is 15.8 Å². The van der Waals surface area contributed by atoms with Crippen molar-refractivity contribution in [3.05, 3.63) is 59.4 Å². The number of carbonyl (C=O) groups excluding carboxylic acids is 1. The zero-order valence-corrected chi connectivity index (χ0v) is 15.4. The maximum atomic E-state index is 13.8. The normalized spacial score (nSPS) is 15.1. The number of benzene rings is 2. The summed E-state index contributed by atoms with van der Waals surface area (Å²) in [6.45, 7) is 6.18. The van der Waals surface area contributed by atoms with Crippen LogP contribution in [0.1, 0.15) is 36.9 Å². The molecule has 1 aliphatic heterocycles. The monoisotopic (exact) mass is 355 g/mol. The Morgan fingerprint density at radius 3 is 2.62 bits per heavy atom. The van der Waals surface area contributed by atoms with Gasteiger partial charge in [0, 0.05) is 36.1 Å². The van der Waals surface area contributed by atoms with E-state index in [2.05, 4.69) is 27.7 Å². The minimum atomic E-state index is -0.263. The molecule has 0 spiro atoms. The second kappa shape index (κ2) is 8.32. The van der Waals surface area contributed by atoms with Crippen molar-refractivity contribution < 1.29 is 9.18 Å². The van der Waals surface area contributed by atoms with Gasteiger partial charge in [-0.1, -0.05) is 18.2 Å². The molecule has 0 bridgehead atoms. The molecule has 2 aromatic carbocycles. The molecule has 5 heteroatoms. The van der Waals surface area contributed by atoms with E-state index in [1.54, 1.807) is 18.2 Å². The fourth-order valence-corrected chi connectivity index (χ4v) is 3.34. The largest absolute Gasteiger partial charge is 0.372 e. The van der Waals surface area contributed by atoms with Crippen LogP contribution >= 0.6 is 0 Å². The van der Waals surface area contributed by atoms with E-state index in [0.29, 0.717) is 5.56 Å². The molecule has 0 aromatic heterocycles. The Labute approximate surface area is 154 Å². The van der Waals surface area contributed by atoms with Crippen LogP contribution in [-0.2, 0) is 4.79 Å². The maximum Gasteiger partial charge on any atom is 0.238 e. The predicted molar refractivity (Wildman–Crippen MR) is 104 cm³/mol. The van der Waals surface area contributed by atoms with Gasteiger partial charge in [0.15, 0.2) is 0 Å². The van der Waals surface area contributed by atoms with Crippen molar-refractivity contribution >= 4 is 17.3 Å². The molecule has 4 nitrogen and oxygen atoms in total. The SMILES string of the molecule is Cc1cc(N2CCCC2)ccc1NC(=O)CNC(C)c1ccccc1F. The molecular weight excluding hydrogens is 329 g/mol. The van der Waals surface area contributed by atoms with Gasteiger partial charge in [-0.25, -0.2) is 4.39 Å². The lowest BCUT2D eigenvalue weighted by Gasteiger charge is -2.19. The quantitative estimate of drug-likeness (QED) is 0.822. The van der Waals surface area contributed by atoms with Gasteiger partial charge in [-0.2, -0.15) is 0 Å². The second-order valence-corrected chi connectivity index (χ2v) is 6.87. The van der Waals surface area contributed by atoms with Crippen molar-refractivity contribution in [3.63, 3.8) is 0 Å². The van der Waals surface area contributed by atoms with Gasteiger partial charge < -0.3 is 15.5 Å². The van der Waals surface area contributed by atoms with E-state index in [-0.39, 0.29) is 24.3 Å². The molecule has 1 saturated heterocycles. The van der Waals surface area contributed by atoms with Gasteiger partial charge in [0.25, 0.3) is 0 Å². The summed E-state index contributed by atoms with van der Waals surface area (Å²) in [6.07, 6.45) is 2.48. The molecule has 0 radical (unpaired) electrons. The van der Waals surface area contributed by atoms with Crippen LogP contribution < -0.4 is 15.5 Å². The number of hydrogen-bond acceptors (Lipinski definition) is 3. The molecule has 1 atom stereocenters. The van der Waals surface area contributed by atoms with Crippen LogP contribution in [0.25, 0.3) is 0 Å². The molecule has 1 amide bonds. The van der Waals surface area contributed by atoms with E-state index in [1.165, 1.54) is 24.6 Å². The Kier molecular flexibility index (Phi) is 5.89. The van der Waals surface area contributed by atoms with Crippen LogP contribution in [-0.4, -0.2) is 25.5 Å². The van der Waals surface area contributed by atoms with Crippen molar-refractivity contribution in [3.8, 4) is 0 Å². The number of halogens is 1. The zero-order valence-electron chi connectivity index (χ0n) is 15.4. The summed E-state index contributed by atoms with van der Waals surface area (Å²) in [5.41, 5.74) is 3.64. The molecule has 1 unspecified atom stereocenters. The van der Waals surface area contributed by atoms with E-state index in [4.69, 9.17) is 0 Å². The van der Waals surface area contributed by atoms with Gasteiger partial charge in [0.2, 0.25) is 5.91 Å². The van der Waals surface area contributed by atoms with E-state index < -0.39 is 0 Å². The highest BCUT2D eigenvalue weighted by atomic mass is 19.1. The van der Waals surface area contributed by atoms with E-state index in [1.807, 2.05) is 19.9 Å². The van der Waals surface area contributed by atoms with Gasteiger partial charge in [-0.05, 0) is 56.5 Å². The van der Waals surface area contributed by atoms with Crippen LogP contribution in [0.3, 0.4) is 0 Å². The predicted octanol–water partition coefficient (Wildman–Crippen LogP) is 4.02. The molecular formula is C21H26FN3O. The van der Waals surface area contributed by atoms with Crippen molar-refractivity contribution in [2.24, 2.45) is 0 Å². The summed E-state index contributed by atoms with van der Waals surface area (Å²) in [7, 11) is 0. The Bertz CT molecular complexity index is 772. The first-order valence-electron chi connectivity index (χ1n) is 9.18. The molecule has 3 rings (SSSR count). The highest BCUT2D eigenvalue weighted by Crippen LogP contribution is 2.25. The number of nitrogens with zero attached hydrogens (tertiary/aromatic N) is 1. The van der Waals surface area contributed by atoms with Crippen molar-refractivity contribution in [1.29, 1.82) is 0 Å². The van der Waals surface area contributed by atoms with Crippen molar-refractivity contribution in [2.75, 3.05) is 29.9 Å². The fraction of sp³-hybridized carbons (Fsp3) is 0.381. The number of anilines is 2. The zero-order chi connectivity index (χ0) is 18.5. The molecule has 0 saturated carbocycles. The number of rotatable bonds is 6. The van der Waals surface area contributed by atoms with E-state index >= 15 is 0 Å². The van der Waals surface area contributed by atoms with Crippen molar-refractivity contribution in [2.45, 2.75) is 32.7 Å². The van der Waals surface area contributed by atoms with E-state index in [0.717, 1.165) is 24.3 Å². The third-order valence-electron chi connectivity index (χ3n) is 4.90. The summed E-state index contributed by atoms with van der Waals surface area (Å²) in [5, 5.41) is 6.01. The number of aryl methyl sites for hydroxylation is 1. The first kappa shape index (κ1) is 18.4. The first-order valence-corrected chi connectivity index (χ1v) is 9.18. The lowest BCUT2D eigenvalue weighted by atomic mass is 10.1. The van der Waals surface area contributed by atoms with Crippen molar-refractivity contribution in [1.82, 2.24) is 5.32 Å². The summed E-state index contributed by atoms with van der Waals surface area (Å²) in [4.78, 5) is 14.6. The third-order valence-corrected chi connectivity index (χ3v) is 4.90. The minimum absolute atomic E-state index is 0.128. The van der Waals surface area contributed by atoms with Gasteiger partial charge in [-0.3, -0.25) is 4.79 Å². The Morgan fingerprint density at radius 1 is 1.19 bits per heavy atom. The minimum Gasteiger partial charge on any atom is -0.372 e. The van der Waals surface area contributed by atoms with Gasteiger partial charge in [-0.15, -0.1) is 0 Å². The Balaban J connectivity index is 1.55. The molecule has 26 heavy (non-hydrogen) atoms. The molecule has 1 aliphatic rings. The van der Waals surface area contributed by atoms with E-state index in [9.17, 15) is 9.18 Å². The second-order valence-electron chi connectivity index (χ2n) is 6.87. The maximum absolute atomic E-state index is 13.8. The average Bonchev–Trinajstić information content (AvgIpc) is 3.16. The standard InChI is InChI=1S/C21H26FN3O/c1-15-13-17(25-11-5-6-12-25)9-10-20(15)24-21(26)14-23-16(2)18-7-3-4-8-19(18)22/h3-4,7-10,13,16,23H,5-6,11-12,14H2,1-2H3,(H,24,26). The number of carbonyl (C=O) groups is 1. The van der Waals surface area contributed by atoms with Gasteiger partial charge in [0.05, 0.1) is 6.54 Å². The molecule has 1 heterocycles. The Hall–Kier alpha value is -2.40. The molecule has 1 fully saturated rings. The van der Waals surface area contributed by atoms with Gasteiger partial charge in [0.1, 0.15) is 5.82 Å². The summed E-state index contributed by atoms with van der Waals surface area (Å²) < 4.78 is 13.8. The third kappa shape index (κ3) is 4.41. The first-order chi connectivity index (χ1) is 12.5. The average molecular weight is 355 g/mol. The number of nitrogens with one attached hydrogen (secondary N) is 2.